The highest BCUT2D eigenvalue weighted by Gasteiger charge is 2.21. The number of hydrogen-bond acceptors (Lipinski definition) is 2. The first-order valence-electron chi connectivity index (χ1n) is 5.94. The highest BCUT2D eigenvalue weighted by Crippen LogP contribution is 2.13. The summed E-state index contributed by atoms with van der Waals surface area (Å²) in [7, 11) is 0. The Hall–Kier alpha value is -1.84. The number of nitrogens with one attached hydrogen (secondary N) is 2. The molecule has 18 heavy (non-hydrogen) atoms. The predicted molar refractivity (Wildman–Crippen MR) is 72.7 cm³/mol. The molecule has 2 amide bonds. The molecule has 0 unspecified atom stereocenters. The van der Waals surface area contributed by atoms with Gasteiger partial charge in [-0.1, -0.05) is 38.5 Å². The summed E-state index contributed by atoms with van der Waals surface area (Å²) in [4.78, 5) is 23.2. The molecule has 0 heterocycles. The van der Waals surface area contributed by atoms with Gasteiger partial charge in [0.05, 0.1) is 6.54 Å². The molecule has 0 saturated carbocycles. The van der Waals surface area contributed by atoms with Crippen molar-refractivity contribution in [1.82, 2.24) is 5.32 Å². The summed E-state index contributed by atoms with van der Waals surface area (Å²) in [5.74, 6) is 0.00144. The van der Waals surface area contributed by atoms with Gasteiger partial charge in [-0.3, -0.25) is 4.79 Å². The number of anilines is 1. The number of benzene rings is 1. The minimum Gasteiger partial charge on any atom is -0.331 e. The quantitative estimate of drug-likeness (QED) is 0.864. The second-order valence-electron chi connectivity index (χ2n) is 5.35. The van der Waals surface area contributed by atoms with E-state index >= 15 is 0 Å². The van der Waals surface area contributed by atoms with E-state index in [4.69, 9.17) is 0 Å². The van der Waals surface area contributed by atoms with Crippen molar-refractivity contribution in [3.63, 3.8) is 0 Å². The number of carbonyl (C=O) groups is 2. The van der Waals surface area contributed by atoms with Crippen molar-refractivity contribution in [3.05, 3.63) is 29.8 Å². The number of ketones is 1. The number of carbonyl (C=O) groups excluding carboxylic acids is 2. The highest BCUT2D eigenvalue weighted by molar-refractivity contribution is 5.94. The lowest BCUT2D eigenvalue weighted by Crippen LogP contribution is -2.37. The predicted octanol–water partition coefficient (Wildman–Crippen LogP) is 2.73. The average molecular weight is 248 g/mol. The van der Waals surface area contributed by atoms with Crippen LogP contribution in [-0.2, 0) is 4.79 Å². The molecule has 0 fully saturated rings. The minimum absolute atomic E-state index is 0.00144. The van der Waals surface area contributed by atoms with Crippen LogP contribution < -0.4 is 10.6 Å². The van der Waals surface area contributed by atoms with Crippen molar-refractivity contribution >= 4 is 17.5 Å². The van der Waals surface area contributed by atoms with Crippen molar-refractivity contribution in [3.8, 4) is 0 Å². The normalized spacial score (nSPS) is 10.9. The summed E-state index contributed by atoms with van der Waals surface area (Å²) < 4.78 is 0. The van der Waals surface area contributed by atoms with Crippen LogP contribution in [0.3, 0.4) is 0 Å². The van der Waals surface area contributed by atoms with E-state index in [1.54, 1.807) is 0 Å². The smallest absolute Gasteiger partial charge is 0.319 e. The summed E-state index contributed by atoms with van der Waals surface area (Å²) in [5.41, 5.74) is 1.40. The van der Waals surface area contributed by atoms with Crippen LogP contribution in [0, 0.1) is 12.3 Å². The van der Waals surface area contributed by atoms with Gasteiger partial charge >= 0.3 is 6.03 Å². The molecule has 0 spiro atoms. The average Bonchev–Trinajstić information content (AvgIpc) is 2.28. The van der Waals surface area contributed by atoms with E-state index in [-0.39, 0.29) is 18.4 Å². The summed E-state index contributed by atoms with van der Waals surface area (Å²) in [6.45, 7) is 7.51. The number of hydrogen-bond donors (Lipinski definition) is 2. The van der Waals surface area contributed by atoms with Gasteiger partial charge in [-0.05, 0) is 19.1 Å². The van der Waals surface area contributed by atoms with Crippen molar-refractivity contribution in [1.29, 1.82) is 0 Å². The maximum Gasteiger partial charge on any atom is 0.319 e. The van der Waals surface area contributed by atoms with Crippen LogP contribution in [0.5, 0.6) is 0 Å². The molecule has 0 bridgehead atoms. The molecule has 0 aliphatic rings. The number of rotatable bonds is 3. The van der Waals surface area contributed by atoms with Gasteiger partial charge in [0.2, 0.25) is 0 Å². The zero-order chi connectivity index (χ0) is 13.8. The van der Waals surface area contributed by atoms with Crippen molar-refractivity contribution in [2.24, 2.45) is 5.41 Å². The van der Waals surface area contributed by atoms with E-state index in [0.29, 0.717) is 5.69 Å². The van der Waals surface area contributed by atoms with E-state index in [1.165, 1.54) is 0 Å². The third kappa shape index (κ3) is 4.57. The van der Waals surface area contributed by atoms with E-state index < -0.39 is 5.41 Å². The van der Waals surface area contributed by atoms with Crippen LogP contribution in [0.1, 0.15) is 26.3 Å². The van der Waals surface area contributed by atoms with E-state index in [0.717, 1.165) is 5.56 Å². The molecule has 4 heteroatoms. The standard InChI is InChI=1S/C14H20N2O2/c1-10-5-7-11(8-6-10)16-13(18)15-9-12(17)14(2,3)4/h5-8H,9H2,1-4H3,(H2,15,16,18). The van der Waals surface area contributed by atoms with E-state index in [2.05, 4.69) is 10.6 Å². The topological polar surface area (TPSA) is 58.2 Å². The zero-order valence-corrected chi connectivity index (χ0v) is 11.3. The lowest BCUT2D eigenvalue weighted by molar-refractivity contribution is -0.125. The summed E-state index contributed by atoms with van der Waals surface area (Å²) in [5, 5.41) is 5.23. The number of Topliss-reactive ketones (excluding diaryl/α,β-unsaturated/α-hetero) is 1. The Bertz CT molecular complexity index is 430. The molecule has 4 nitrogen and oxygen atoms in total. The number of amides is 2. The SMILES string of the molecule is Cc1ccc(NC(=O)NCC(=O)C(C)(C)C)cc1. The highest BCUT2D eigenvalue weighted by atomic mass is 16.2. The maximum absolute atomic E-state index is 11.6. The first kappa shape index (κ1) is 14.2. The van der Waals surface area contributed by atoms with E-state index in [1.807, 2.05) is 52.0 Å². The van der Waals surface area contributed by atoms with Crippen LogP contribution in [-0.4, -0.2) is 18.4 Å². The third-order valence-corrected chi connectivity index (χ3v) is 2.56. The fourth-order valence-corrected chi connectivity index (χ4v) is 1.24. The number of aryl methyl sites for hydroxylation is 1. The lowest BCUT2D eigenvalue weighted by Gasteiger charge is -2.16. The first-order chi connectivity index (χ1) is 8.29. The van der Waals surface area contributed by atoms with Crippen molar-refractivity contribution in [2.45, 2.75) is 27.7 Å². The van der Waals surface area contributed by atoms with Crippen LogP contribution in [0.25, 0.3) is 0 Å². The monoisotopic (exact) mass is 248 g/mol. The zero-order valence-electron chi connectivity index (χ0n) is 11.3. The Balaban J connectivity index is 2.43. The molecular weight excluding hydrogens is 228 g/mol. The Morgan fingerprint density at radius 2 is 1.67 bits per heavy atom. The molecule has 0 aliphatic heterocycles. The lowest BCUT2D eigenvalue weighted by atomic mass is 9.91. The molecule has 1 aromatic carbocycles. The van der Waals surface area contributed by atoms with Crippen LogP contribution in [0.15, 0.2) is 24.3 Å². The molecule has 1 aromatic rings. The summed E-state index contributed by atoms with van der Waals surface area (Å²) in [6.07, 6.45) is 0. The molecule has 0 atom stereocenters. The second kappa shape index (κ2) is 5.67. The largest absolute Gasteiger partial charge is 0.331 e. The first-order valence-corrected chi connectivity index (χ1v) is 5.94. The van der Waals surface area contributed by atoms with Crippen LogP contribution in [0.2, 0.25) is 0 Å². The third-order valence-electron chi connectivity index (χ3n) is 2.56. The number of urea groups is 1. The molecule has 0 saturated heterocycles. The van der Waals surface area contributed by atoms with Crippen molar-refractivity contribution in [2.75, 3.05) is 11.9 Å². The van der Waals surface area contributed by atoms with Crippen molar-refractivity contribution < 1.29 is 9.59 Å². The molecule has 0 aliphatic carbocycles. The molecule has 98 valence electrons. The van der Waals surface area contributed by atoms with Gasteiger partial charge in [0.1, 0.15) is 0 Å². The Labute approximate surface area is 108 Å². The van der Waals surface area contributed by atoms with Gasteiger partial charge in [-0.2, -0.15) is 0 Å². The van der Waals surface area contributed by atoms with Crippen LogP contribution >= 0.6 is 0 Å². The Morgan fingerprint density at radius 3 is 2.17 bits per heavy atom. The Morgan fingerprint density at radius 1 is 1.11 bits per heavy atom. The van der Waals surface area contributed by atoms with Gasteiger partial charge < -0.3 is 10.6 Å². The summed E-state index contributed by atoms with van der Waals surface area (Å²) in [6, 6.07) is 7.10. The van der Waals surface area contributed by atoms with Gasteiger partial charge in [0.25, 0.3) is 0 Å². The maximum atomic E-state index is 11.6. The fourth-order valence-electron chi connectivity index (χ4n) is 1.24. The van der Waals surface area contributed by atoms with Crippen LogP contribution in [0.4, 0.5) is 10.5 Å². The molecule has 2 N–H and O–H groups in total. The minimum atomic E-state index is -0.433. The van der Waals surface area contributed by atoms with Gasteiger partial charge in [-0.15, -0.1) is 0 Å². The van der Waals surface area contributed by atoms with E-state index in [9.17, 15) is 9.59 Å². The Kier molecular flexibility index (Phi) is 4.48. The molecule has 0 radical (unpaired) electrons. The molecule has 0 aromatic heterocycles. The van der Waals surface area contributed by atoms with Gasteiger partial charge in [0.15, 0.2) is 5.78 Å². The summed E-state index contributed by atoms with van der Waals surface area (Å²) >= 11 is 0. The van der Waals surface area contributed by atoms with Gasteiger partial charge in [0, 0.05) is 11.1 Å². The second-order valence-corrected chi connectivity index (χ2v) is 5.35. The van der Waals surface area contributed by atoms with Gasteiger partial charge in [-0.25, -0.2) is 4.79 Å². The molecule has 1 rings (SSSR count). The fraction of sp³-hybridized carbons (Fsp3) is 0.429. The molecular formula is C14H20N2O2.